The van der Waals surface area contributed by atoms with Gasteiger partial charge >= 0.3 is 0 Å². The molecule has 0 aliphatic heterocycles. The first-order valence-corrected chi connectivity index (χ1v) is 12.9. The number of unbranched alkanes of at least 4 members (excludes halogenated alkanes) is 2. The van der Waals surface area contributed by atoms with E-state index in [1.54, 1.807) is 0 Å². The number of nitrogens with zero attached hydrogens (tertiary/aromatic N) is 1. The highest BCUT2D eigenvalue weighted by atomic mass is 16.1. The maximum absolute atomic E-state index is 14.1. The summed E-state index contributed by atoms with van der Waals surface area (Å²) in [6.45, 7) is 8.11. The van der Waals surface area contributed by atoms with Gasteiger partial charge in [0.05, 0.1) is 27.5 Å². The van der Waals surface area contributed by atoms with Crippen LogP contribution in [0, 0.1) is 0 Å². The predicted molar refractivity (Wildman–Crippen MR) is 149 cm³/mol. The van der Waals surface area contributed by atoms with Crippen LogP contribution in [0.3, 0.4) is 0 Å². The van der Waals surface area contributed by atoms with E-state index in [9.17, 15) is 9.59 Å². The van der Waals surface area contributed by atoms with Crippen molar-refractivity contribution in [2.45, 2.75) is 52.9 Å². The summed E-state index contributed by atoms with van der Waals surface area (Å²) in [5.74, 6) is 0. The Bertz CT molecular complexity index is 1650. The van der Waals surface area contributed by atoms with E-state index in [1.165, 1.54) is 0 Å². The molecule has 5 heteroatoms. The largest absolute Gasteiger partial charge is 0.369 e. The second-order valence-corrected chi connectivity index (χ2v) is 9.37. The molecule has 2 aromatic heterocycles. The Hall–Kier alpha value is -3.60. The molecular formula is C30H33N3O2. The number of rotatable bonds is 8. The van der Waals surface area contributed by atoms with Crippen LogP contribution in [0.5, 0.6) is 0 Å². The summed E-state index contributed by atoms with van der Waals surface area (Å²) in [4.78, 5) is 37.5. The van der Waals surface area contributed by atoms with Crippen molar-refractivity contribution < 1.29 is 0 Å². The van der Waals surface area contributed by atoms with Crippen molar-refractivity contribution in [1.82, 2.24) is 9.97 Å². The molecule has 0 amide bonds. The van der Waals surface area contributed by atoms with Gasteiger partial charge < -0.3 is 14.9 Å². The van der Waals surface area contributed by atoms with Crippen LogP contribution in [0.2, 0.25) is 0 Å². The fourth-order valence-electron chi connectivity index (χ4n) is 5.34. The minimum absolute atomic E-state index is 0.0213. The predicted octanol–water partition coefficient (Wildman–Crippen LogP) is 6.65. The van der Waals surface area contributed by atoms with Crippen LogP contribution in [0.15, 0.2) is 58.1 Å². The van der Waals surface area contributed by atoms with Crippen LogP contribution in [-0.4, -0.2) is 23.1 Å². The van der Waals surface area contributed by atoms with Crippen molar-refractivity contribution >= 4 is 49.3 Å². The fraction of sp³-hybridized carbons (Fsp3) is 0.333. The van der Waals surface area contributed by atoms with E-state index in [0.717, 1.165) is 72.1 Å². The number of hydrogen-bond acceptors (Lipinski definition) is 3. The van der Waals surface area contributed by atoms with E-state index < -0.39 is 0 Å². The van der Waals surface area contributed by atoms with Crippen molar-refractivity contribution in [1.29, 1.82) is 0 Å². The first-order chi connectivity index (χ1) is 17.1. The molecule has 2 heterocycles. The Morgan fingerprint density at radius 2 is 1.20 bits per heavy atom. The summed E-state index contributed by atoms with van der Waals surface area (Å²) >= 11 is 0. The zero-order valence-corrected chi connectivity index (χ0v) is 20.8. The highest BCUT2D eigenvalue weighted by Crippen LogP contribution is 2.37. The molecule has 0 bridgehead atoms. The molecule has 3 aromatic carbocycles. The number of aryl methyl sites for hydroxylation is 1. The summed E-state index contributed by atoms with van der Waals surface area (Å²) in [6.07, 6.45) is 4.80. The van der Waals surface area contributed by atoms with Gasteiger partial charge in [-0.05, 0) is 49.1 Å². The normalized spacial score (nSPS) is 11.7. The molecule has 5 nitrogen and oxygen atoms in total. The molecule has 0 fully saturated rings. The lowest BCUT2D eigenvalue weighted by atomic mass is 9.95. The van der Waals surface area contributed by atoms with E-state index in [1.807, 2.05) is 48.5 Å². The number of aromatic amines is 2. The summed E-state index contributed by atoms with van der Waals surface area (Å²) in [7, 11) is 0. The van der Waals surface area contributed by atoms with Gasteiger partial charge in [0.1, 0.15) is 0 Å². The first-order valence-electron chi connectivity index (χ1n) is 12.9. The molecule has 2 N–H and O–H groups in total. The third kappa shape index (κ3) is 3.79. The standard InChI is InChI=1S/C30H33N3O2/c1-4-7-17-33(18-8-5-2)28-25-26(31-22-15-11-10-14-21(22)30(25)35)19(6-3)24-27(28)32-23-16-12-9-13-20(23)29(24)34/h9-16H,4-8,17-18H2,1-3H3,(H,31,35)(H,32,34). The molecular weight excluding hydrogens is 434 g/mol. The van der Waals surface area contributed by atoms with Gasteiger partial charge in [0.2, 0.25) is 0 Å². The SMILES string of the molecule is CCCCN(CCCC)c1c2[nH]c3ccccc3c(=O)c2c(CC)c2[nH]c3ccccc3c(=O)c12. The second-order valence-electron chi connectivity index (χ2n) is 9.37. The first kappa shape index (κ1) is 23.2. The highest BCUT2D eigenvalue weighted by molar-refractivity contribution is 6.15. The van der Waals surface area contributed by atoms with Crippen LogP contribution in [0.4, 0.5) is 5.69 Å². The third-order valence-electron chi connectivity index (χ3n) is 7.13. The van der Waals surface area contributed by atoms with Crippen LogP contribution in [0.25, 0.3) is 43.6 Å². The zero-order chi connectivity index (χ0) is 24.5. The monoisotopic (exact) mass is 467 g/mol. The number of hydrogen-bond donors (Lipinski definition) is 2. The van der Waals surface area contributed by atoms with Gasteiger partial charge in [-0.3, -0.25) is 9.59 Å². The summed E-state index contributed by atoms with van der Waals surface area (Å²) in [5, 5.41) is 2.73. The molecule has 0 saturated heterocycles. The lowest BCUT2D eigenvalue weighted by Crippen LogP contribution is -2.28. The number of pyridine rings is 2. The molecule has 0 unspecified atom stereocenters. The molecule has 0 saturated carbocycles. The van der Waals surface area contributed by atoms with E-state index >= 15 is 0 Å². The Morgan fingerprint density at radius 1 is 0.686 bits per heavy atom. The van der Waals surface area contributed by atoms with E-state index in [0.29, 0.717) is 28.0 Å². The number of para-hydroxylation sites is 2. The molecule has 0 radical (unpaired) electrons. The van der Waals surface area contributed by atoms with Crippen LogP contribution >= 0.6 is 0 Å². The van der Waals surface area contributed by atoms with Gasteiger partial charge in [-0.2, -0.15) is 0 Å². The number of H-pyrrole nitrogens is 2. The van der Waals surface area contributed by atoms with Gasteiger partial charge in [-0.25, -0.2) is 0 Å². The Balaban J connectivity index is 2.05. The molecule has 0 aliphatic carbocycles. The van der Waals surface area contributed by atoms with E-state index in [2.05, 4.69) is 35.6 Å². The Labute approximate surface area is 204 Å². The molecule has 0 spiro atoms. The van der Waals surface area contributed by atoms with Gasteiger partial charge in [-0.1, -0.05) is 57.9 Å². The minimum Gasteiger partial charge on any atom is -0.369 e. The maximum Gasteiger partial charge on any atom is 0.199 e. The zero-order valence-electron chi connectivity index (χ0n) is 20.8. The third-order valence-corrected chi connectivity index (χ3v) is 7.13. The van der Waals surface area contributed by atoms with E-state index in [-0.39, 0.29) is 10.9 Å². The summed E-state index contributed by atoms with van der Waals surface area (Å²) in [6, 6.07) is 15.3. The average molecular weight is 468 g/mol. The number of benzene rings is 3. The highest BCUT2D eigenvalue weighted by Gasteiger charge is 2.24. The maximum atomic E-state index is 14.1. The van der Waals surface area contributed by atoms with Crippen molar-refractivity contribution in [3.05, 3.63) is 74.5 Å². The van der Waals surface area contributed by atoms with Crippen molar-refractivity contribution in [3.8, 4) is 0 Å². The van der Waals surface area contributed by atoms with Gasteiger partial charge in [0.25, 0.3) is 0 Å². The van der Waals surface area contributed by atoms with Gasteiger partial charge in [0.15, 0.2) is 10.9 Å². The number of anilines is 1. The number of aromatic nitrogens is 2. The number of nitrogens with one attached hydrogen (secondary N) is 2. The topological polar surface area (TPSA) is 69.0 Å². The van der Waals surface area contributed by atoms with Crippen molar-refractivity contribution in [2.24, 2.45) is 0 Å². The lowest BCUT2D eigenvalue weighted by Gasteiger charge is -2.28. The minimum atomic E-state index is 0.0213. The number of fused-ring (bicyclic) bond motifs is 4. The van der Waals surface area contributed by atoms with E-state index in [4.69, 9.17) is 0 Å². The molecule has 5 aromatic rings. The van der Waals surface area contributed by atoms with Gasteiger partial charge in [-0.15, -0.1) is 0 Å². The summed E-state index contributed by atoms with van der Waals surface area (Å²) < 4.78 is 0. The molecule has 5 rings (SSSR count). The molecule has 180 valence electrons. The van der Waals surface area contributed by atoms with Crippen molar-refractivity contribution in [2.75, 3.05) is 18.0 Å². The smallest absolute Gasteiger partial charge is 0.199 e. The van der Waals surface area contributed by atoms with Crippen molar-refractivity contribution in [3.63, 3.8) is 0 Å². The Morgan fingerprint density at radius 3 is 1.74 bits per heavy atom. The molecule has 0 aliphatic rings. The molecule has 35 heavy (non-hydrogen) atoms. The van der Waals surface area contributed by atoms with Crippen LogP contribution in [-0.2, 0) is 6.42 Å². The second kappa shape index (κ2) is 9.57. The quantitative estimate of drug-likeness (QED) is 0.251. The Kier molecular flexibility index (Phi) is 6.33. The van der Waals surface area contributed by atoms with Gasteiger partial charge in [0, 0.05) is 34.9 Å². The fourth-order valence-corrected chi connectivity index (χ4v) is 5.34. The summed E-state index contributed by atoms with van der Waals surface area (Å²) in [5.41, 5.74) is 4.99. The average Bonchev–Trinajstić information content (AvgIpc) is 2.88. The lowest BCUT2D eigenvalue weighted by molar-refractivity contribution is 0.680. The van der Waals surface area contributed by atoms with Crippen LogP contribution < -0.4 is 15.8 Å². The van der Waals surface area contributed by atoms with Crippen LogP contribution in [0.1, 0.15) is 52.0 Å². The molecule has 0 atom stereocenters.